The van der Waals surface area contributed by atoms with E-state index in [9.17, 15) is 2.74 Å². The molecule has 0 saturated heterocycles. The molecule has 0 unspecified atom stereocenters. The number of para-hydroxylation sites is 4. The Labute approximate surface area is 508 Å². The third kappa shape index (κ3) is 8.33. The van der Waals surface area contributed by atoms with Gasteiger partial charge in [-0.25, -0.2) is 4.98 Å². The van der Waals surface area contributed by atoms with Crippen molar-refractivity contribution in [1.82, 2.24) is 9.55 Å². The van der Waals surface area contributed by atoms with Gasteiger partial charge in [0.15, 0.2) is 0 Å². The Balaban J connectivity index is 0.00000680. The van der Waals surface area contributed by atoms with Crippen molar-refractivity contribution in [2.45, 2.75) is 71.0 Å². The fourth-order valence-electron chi connectivity index (χ4n) is 13.1. The number of aromatic nitrogens is 2. The number of hydrogen-bond acceptors (Lipinski definition) is 4. The van der Waals surface area contributed by atoms with Crippen molar-refractivity contribution in [3.8, 4) is 50.7 Å². The van der Waals surface area contributed by atoms with Crippen LogP contribution in [0.15, 0.2) is 225 Å². The van der Waals surface area contributed by atoms with Gasteiger partial charge in [0.1, 0.15) is 5.82 Å². The number of benzene rings is 10. The zero-order chi connectivity index (χ0) is 59.9. The molecule has 408 valence electrons. The summed E-state index contributed by atoms with van der Waals surface area (Å²) < 4.78 is 52.7. The normalized spacial score (nSPS) is 15.5. The van der Waals surface area contributed by atoms with Gasteiger partial charge in [-0.1, -0.05) is 205 Å². The Morgan fingerprint density at radius 1 is 0.542 bits per heavy atom. The fraction of sp³-hybridized carbons (Fsp3) is 0.143. The van der Waals surface area contributed by atoms with E-state index >= 15 is 0 Å². The molecule has 0 amide bonds. The average Bonchev–Trinajstić information content (AvgIpc) is 1.45. The predicted octanol–water partition coefficient (Wildman–Crippen LogP) is 19.5. The molecule has 12 aromatic rings. The van der Waals surface area contributed by atoms with Crippen molar-refractivity contribution >= 4 is 44.6 Å². The van der Waals surface area contributed by atoms with E-state index in [4.69, 9.17) is 8.85 Å². The van der Waals surface area contributed by atoms with E-state index in [-0.39, 0.29) is 37.5 Å². The predicted molar refractivity (Wildman–Crippen MR) is 337 cm³/mol. The van der Waals surface area contributed by atoms with Gasteiger partial charge >= 0.3 is 0 Å². The molecule has 0 saturated carbocycles. The first-order chi connectivity index (χ1) is 41.8. The van der Waals surface area contributed by atoms with Crippen LogP contribution in [0, 0.1) is 25.7 Å². The van der Waals surface area contributed by atoms with Gasteiger partial charge < -0.3 is 19.1 Å². The summed E-state index contributed by atoms with van der Waals surface area (Å²) in [5.74, 6) is 1.42. The first-order valence-electron chi connectivity index (χ1n) is 30.7. The van der Waals surface area contributed by atoms with Crippen LogP contribution in [-0.4, -0.2) is 9.55 Å². The number of rotatable bonds is 7. The minimum atomic E-state index is -2.31. The third-order valence-corrected chi connectivity index (χ3v) is 16.9. The Bertz CT molecular complexity index is 4720. The van der Waals surface area contributed by atoms with E-state index in [1.54, 1.807) is 12.3 Å². The molecule has 5 nitrogen and oxygen atoms in total. The Morgan fingerprint density at radius 3 is 1.89 bits per heavy atom. The first-order valence-corrected chi connectivity index (χ1v) is 28.2. The van der Waals surface area contributed by atoms with Crippen LogP contribution < -0.4 is 14.5 Å². The van der Waals surface area contributed by atoms with Gasteiger partial charge in [-0.15, -0.1) is 48.1 Å². The minimum absolute atomic E-state index is 0. The van der Waals surface area contributed by atoms with Gasteiger partial charge in [0.25, 0.3) is 0 Å². The van der Waals surface area contributed by atoms with E-state index in [2.05, 4.69) is 209 Å². The third-order valence-electron chi connectivity index (χ3n) is 16.9. The summed E-state index contributed by atoms with van der Waals surface area (Å²) in [5, 5.41) is 1.91. The largest absolute Gasteiger partial charge is 0.509 e. The smallest absolute Gasteiger partial charge is 0.135 e. The maximum atomic E-state index is 9.74. The van der Waals surface area contributed by atoms with Gasteiger partial charge in [0, 0.05) is 79.3 Å². The zero-order valence-electron chi connectivity index (χ0n) is 52.0. The summed E-state index contributed by atoms with van der Waals surface area (Å²) in [5.41, 5.74) is 19.0. The van der Waals surface area contributed by atoms with Crippen LogP contribution in [0.25, 0.3) is 61.0 Å². The summed E-state index contributed by atoms with van der Waals surface area (Å²) >= 11 is 0. The molecule has 3 aliphatic rings. The van der Waals surface area contributed by atoms with Crippen LogP contribution in [0.1, 0.15) is 98.5 Å². The van der Waals surface area contributed by atoms with Gasteiger partial charge in [-0.2, -0.15) is 12.1 Å². The van der Waals surface area contributed by atoms with Crippen LogP contribution >= 0.6 is 0 Å². The first kappa shape index (κ1) is 46.8. The number of aryl methyl sites for hydroxylation is 1. The Kier molecular flexibility index (Phi) is 11.1. The summed E-state index contributed by atoms with van der Waals surface area (Å²) in [6.45, 7) is 13.6. The summed E-state index contributed by atoms with van der Waals surface area (Å²) in [4.78, 5) is 9.21. The van der Waals surface area contributed by atoms with Gasteiger partial charge in [-0.3, -0.25) is 0 Å². The fourth-order valence-corrected chi connectivity index (χ4v) is 13.1. The second-order valence-electron chi connectivity index (χ2n) is 23.9. The molecule has 6 heteroatoms. The quantitative estimate of drug-likeness (QED) is 0.149. The number of anilines is 4. The number of pyridine rings is 1. The molecule has 3 heterocycles. The van der Waals surface area contributed by atoms with Gasteiger partial charge in [0.05, 0.1) is 5.41 Å². The van der Waals surface area contributed by atoms with Crippen LogP contribution in [0.2, 0.25) is 0 Å². The van der Waals surface area contributed by atoms with Crippen LogP contribution in [-0.2, 0) is 43.7 Å². The minimum Gasteiger partial charge on any atom is -0.509 e. The van der Waals surface area contributed by atoms with Crippen molar-refractivity contribution in [3.63, 3.8) is 0 Å². The monoisotopic (exact) mass is 1260 g/mol. The summed E-state index contributed by atoms with van der Waals surface area (Å²) in [6, 6.07) is 82.5. The zero-order valence-corrected chi connectivity index (χ0v) is 49.2. The van der Waals surface area contributed by atoms with E-state index in [1.165, 1.54) is 17.2 Å². The van der Waals surface area contributed by atoms with Crippen LogP contribution in [0.4, 0.5) is 22.7 Å². The van der Waals surface area contributed by atoms with Crippen molar-refractivity contribution in [2.24, 2.45) is 0 Å². The number of nitrogens with zero attached hydrogens (tertiary/aromatic N) is 4. The number of hydrogen-bond donors (Lipinski definition) is 0. The second kappa shape index (κ2) is 19.7. The van der Waals surface area contributed by atoms with Gasteiger partial charge in [0.2, 0.25) is 0 Å². The molecule has 10 aromatic carbocycles. The van der Waals surface area contributed by atoms with E-state index in [1.807, 2.05) is 77.4 Å². The second-order valence-corrected chi connectivity index (χ2v) is 23.9. The molecule has 1 aliphatic heterocycles. The number of ether oxygens (including phenoxy) is 1. The van der Waals surface area contributed by atoms with Crippen molar-refractivity contribution in [3.05, 3.63) is 293 Å². The maximum absolute atomic E-state index is 9.74. The molecule has 15 rings (SSSR count). The molecule has 0 N–H and O–H groups in total. The van der Waals surface area contributed by atoms with Crippen molar-refractivity contribution in [2.75, 3.05) is 9.80 Å². The molecule has 2 aliphatic carbocycles. The molecular weight excluding hydrogens is 1190 g/mol. The maximum Gasteiger partial charge on any atom is 0.135 e. The topological polar surface area (TPSA) is 33.5 Å². The van der Waals surface area contributed by atoms with Crippen molar-refractivity contribution in [1.29, 1.82) is 0 Å². The molecule has 0 bridgehead atoms. The average molecular weight is 1260 g/mol. The summed E-state index contributed by atoms with van der Waals surface area (Å²) in [6.07, 6.45) is -0.177. The van der Waals surface area contributed by atoms with E-state index in [0.29, 0.717) is 34.0 Å². The van der Waals surface area contributed by atoms with E-state index < -0.39 is 18.6 Å². The molecule has 2 aromatic heterocycles. The Morgan fingerprint density at radius 2 is 1.14 bits per heavy atom. The SMILES string of the molecule is [2H]C([2H])([2H])c1ccnc(-n2c3[c-]c(Oc4[c-]c(N5[CH-]N(c6c(-c7cc(C(C)(C)C)cc(C(C)(C)C)c7)cccc6-c6cccc7c6-c6ccccc6C76c7ccccc7C([2H])([2H])c7ccccc76)c6ccccc65)ccc4)ccc3c3ccccc32)c1.[Pt]. The van der Waals surface area contributed by atoms with Crippen LogP contribution in [0.5, 0.6) is 11.5 Å². The van der Waals surface area contributed by atoms with Gasteiger partial charge in [-0.05, 0) is 132 Å². The number of fused-ring (bicyclic) bond motifs is 13. The molecule has 0 fully saturated rings. The van der Waals surface area contributed by atoms with Crippen LogP contribution in [0.3, 0.4) is 0 Å². The molecule has 0 atom stereocenters. The van der Waals surface area contributed by atoms with Crippen molar-refractivity contribution < 1.29 is 32.7 Å². The molecule has 1 spiro atoms. The summed E-state index contributed by atoms with van der Waals surface area (Å²) in [7, 11) is 0. The standard InChI is InChI=1S/C77H61N4O.Pt/c1-49-39-40-78-72(41-49)81-68-34-15-11-25-59(68)60-38-37-57(47-71(60)81)82-56-24-18-23-55(46-56)79-48-80(70-36-17-16-35-69(70)79)74-58(52-43-53(75(2,3)4)45-54(44-52)76(5,6)7)27-19-29-62(74)61-28-20-33-67-73(61)63-26-10-14-32-66(63)77(67)64-30-12-8-21-50(64)42-51-22-9-13-31-65(51)77;/h8-41,43-45,48H,42H2,1-7H3;/q-3;/i1D3,42D2;. The molecule has 0 radical (unpaired) electrons. The molecule has 83 heavy (non-hydrogen) atoms. The molecular formula is C77H61N4OPt-3. The Hall–Kier alpha value is -8.76. The van der Waals surface area contributed by atoms with E-state index in [0.717, 1.165) is 94.7 Å².